The SMILES string of the molecule is CC(C)C[C@H](NC(=O)[C@H](Cc1ccc(O)cc1)NC(=O)[C@H](CO)NC(=O)[C@H](CO)NC(=O)[C@@H](NC(=O)[C@H](CC(=O)O)NC(=O)[C@H](CO)NC(=O)[C@@H](N)[C@@H](C)O)C(C)C)C(=O)N[C@@H](CCC(=O)O)C(=O)NCC(=O)N[C@@H](CCC(N)=O)C(=O)N[C@@H](C)C(=O)N[C@@H](C)C(=O)N[C@@H](CCCCN)C(=O)O. The molecule has 0 aliphatic carbocycles. The quantitative estimate of drug-likeness (QED) is 0.0269. The molecule has 0 aliphatic heterocycles. The Bertz CT molecular complexity index is 3080. The van der Waals surface area contributed by atoms with Crippen molar-refractivity contribution in [1.82, 2.24) is 69.1 Å². The third-order valence-electron chi connectivity index (χ3n) is 15.0. The van der Waals surface area contributed by atoms with E-state index in [9.17, 15) is 122 Å². The van der Waals surface area contributed by atoms with Gasteiger partial charge in [0, 0.05) is 19.3 Å². The molecule has 0 aliphatic rings. The summed E-state index contributed by atoms with van der Waals surface area (Å²) in [7, 11) is 0. The van der Waals surface area contributed by atoms with Crippen molar-refractivity contribution in [3.05, 3.63) is 29.8 Å². The van der Waals surface area contributed by atoms with Crippen molar-refractivity contribution in [2.75, 3.05) is 32.9 Å². The van der Waals surface area contributed by atoms with Crippen molar-refractivity contribution in [2.45, 2.75) is 197 Å². The molecular formula is C61H98N16O25. The highest BCUT2D eigenvalue weighted by atomic mass is 16.4. The number of aromatic hydroxyl groups is 1. The molecule has 14 amide bonds. The first-order valence-electron chi connectivity index (χ1n) is 32.3. The number of primary amides is 1. The second-order valence-corrected chi connectivity index (χ2v) is 24.5. The Morgan fingerprint density at radius 3 is 1.34 bits per heavy atom. The molecule has 0 radical (unpaired) electrons. The van der Waals surface area contributed by atoms with E-state index in [-0.39, 0.29) is 30.7 Å². The van der Waals surface area contributed by atoms with Crippen LogP contribution in [0.1, 0.15) is 112 Å². The van der Waals surface area contributed by atoms with E-state index in [1.807, 2.05) is 10.6 Å². The van der Waals surface area contributed by atoms with Crippen LogP contribution in [0.4, 0.5) is 0 Å². The van der Waals surface area contributed by atoms with Gasteiger partial charge < -0.3 is 127 Å². The number of unbranched alkanes of at least 4 members (excludes halogenated alkanes) is 1. The number of carboxylic acid groups (broad SMARTS) is 3. The summed E-state index contributed by atoms with van der Waals surface area (Å²) in [6, 6.07) is -16.7. The van der Waals surface area contributed by atoms with Gasteiger partial charge in [-0.15, -0.1) is 0 Å². The highest BCUT2D eigenvalue weighted by Crippen LogP contribution is 2.14. The third kappa shape index (κ3) is 33.3. The van der Waals surface area contributed by atoms with Crippen molar-refractivity contribution in [1.29, 1.82) is 0 Å². The van der Waals surface area contributed by atoms with Gasteiger partial charge in [0.2, 0.25) is 82.7 Å². The largest absolute Gasteiger partial charge is 0.508 e. The van der Waals surface area contributed by atoms with Gasteiger partial charge >= 0.3 is 17.9 Å². The lowest BCUT2D eigenvalue weighted by Crippen LogP contribution is -2.62. The molecule has 0 saturated carbocycles. The summed E-state index contributed by atoms with van der Waals surface area (Å²) in [6.07, 6.45) is -4.60. The first-order valence-corrected chi connectivity index (χ1v) is 32.3. The Hall–Kier alpha value is -10.2. The minimum absolute atomic E-state index is 0.0485. The normalized spacial score (nSPS) is 15.2. The van der Waals surface area contributed by atoms with Crippen molar-refractivity contribution < 1.29 is 122 Å². The lowest BCUT2D eigenvalue weighted by atomic mass is 10.00. The molecule has 41 nitrogen and oxygen atoms in total. The Morgan fingerprint density at radius 2 is 0.863 bits per heavy atom. The van der Waals surface area contributed by atoms with Gasteiger partial charge in [-0.3, -0.25) is 76.7 Å². The zero-order valence-electron chi connectivity index (χ0n) is 57.4. The van der Waals surface area contributed by atoms with Gasteiger partial charge in [0.25, 0.3) is 0 Å². The molecule has 0 saturated heterocycles. The summed E-state index contributed by atoms with van der Waals surface area (Å²) in [6.45, 7) is 5.39. The van der Waals surface area contributed by atoms with E-state index in [4.69, 9.17) is 17.2 Å². The van der Waals surface area contributed by atoms with E-state index in [2.05, 4.69) is 58.5 Å². The molecule has 0 spiro atoms. The van der Waals surface area contributed by atoms with E-state index < -0.39 is 262 Å². The van der Waals surface area contributed by atoms with Crippen LogP contribution in [0.25, 0.3) is 0 Å². The number of nitrogens with one attached hydrogen (secondary N) is 13. The van der Waals surface area contributed by atoms with Crippen molar-refractivity contribution in [3.63, 3.8) is 0 Å². The summed E-state index contributed by atoms with van der Waals surface area (Å²) >= 11 is 0. The number of hydrogen-bond donors (Lipinski definition) is 24. The van der Waals surface area contributed by atoms with Gasteiger partial charge in [0.15, 0.2) is 0 Å². The van der Waals surface area contributed by atoms with E-state index in [1.54, 1.807) is 13.8 Å². The number of hydrogen-bond acceptors (Lipinski definition) is 24. The minimum Gasteiger partial charge on any atom is -0.508 e. The molecule has 0 bridgehead atoms. The predicted molar refractivity (Wildman–Crippen MR) is 353 cm³/mol. The van der Waals surface area contributed by atoms with Crippen LogP contribution < -0.4 is 86.3 Å². The number of carbonyl (C=O) groups is 17. The molecule has 1 rings (SSSR count). The Kier molecular flexibility index (Phi) is 40.1. The van der Waals surface area contributed by atoms with Crippen molar-refractivity contribution in [2.24, 2.45) is 29.0 Å². The lowest BCUT2D eigenvalue weighted by molar-refractivity contribution is -0.142. The molecule has 41 heteroatoms. The van der Waals surface area contributed by atoms with Crippen LogP contribution >= 0.6 is 0 Å². The predicted octanol–water partition coefficient (Wildman–Crippen LogP) is -9.89. The molecule has 1 aromatic carbocycles. The molecule has 1 aromatic rings. The van der Waals surface area contributed by atoms with Crippen LogP contribution in [0.2, 0.25) is 0 Å². The van der Waals surface area contributed by atoms with Crippen LogP contribution in [-0.4, -0.2) is 259 Å². The summed E-state index contributed by atoms with van der Waals surface area (Å²) in [5.74, 6) is -21.8. The van der Waals surface area contributed by atoms with E-state index in [0.717, 1.165) is 6.92 Å². The standard InChI is InChI=1S/C61H98N16O25/c1-27(2)20-37(53(93)69-34(16-18-45(85)86)51(91)65-23-44(84)68-35(15-17-43(63)83)52(92)67-29(5)49(89)66-30(6)50(90)70-36(61(101)102)10-8-9-19-62)71-54(94)38(21-32-11-13-33(82)14-12-32)72-56(96)40(24-78)74-58(98)42(26-80)76-60(100)48(28(3)4)77-55(95)39(22-46(87)88)73-57(97)41(25-79)75-59(99)47(64)31(7)81/h11-14,27-31,34-42,47-48,78-82H,8-10,15-26,62,64H2,1-7H3,(H2,63,83)(H,65,91)(H,66,89)(H,67,92)(H,68,84)(H,69,93)(H,70,90)(H,71,94)(H,72,96)(H,73,97)(H,74,98)(H,75,99)(H,76,100)(H,77,95)(H,85,86)(H,87,88)(H,101,102)/t29-,30-,31+,34-,35-,36-,37-,38-,39-,40-,41-,42-,47-,48-/m0/s1. The number of benzene rings is 1. The van der Waals surface area contributed by atoms with Gasteiger partial charge in [-0.25, -0.2) is 4.79 Å². The molecule has 27 N–H and O–H groups in total. The van der Waals surface area contributed by atoms with Crippen LogP contribution in [-0.2, 0) is 87.9 Å². The maximum atomic E-state index is 14.4. The van der Waals surface area contributed by atoms with Crippen LogP contribution in [0, 0.1) is 11.8 Å². The number of aliphatic hydroxyl groups is 4. The number of rotatable bonds is 48. The number of aliphatic carboxylic acids is 3. The number of aliphatic hydroxyl groups excluding tert-OH is 4. The number of phenols is 1. The molecular weight excluding hydrogens is 1360 g/mol. The number of amides is 14. The number of carbonyl (C=O) groups excluding carboxylic acids is 14. The summed E-state index contributed by atoms with van der Waals surface area (Å²) in [5.41, 5.74) is 16.6. The second-order valence-electron chi connectivity index (χ2n) is 24.5. The maximum absolute atomic E-state index is 14.4. The highest BCUT2D eigenvalue weighted by molar-refractivity contribution is 6.00. The first-order chi connectivity index (χ1) is 47.7. The molecule has 102 heavy (non-hydrogen) atoms. The zero-order chi connectivity index (χ0) is 77.8. The summed E-state index contributed by atoms with van der Waals surface area (Å²) < 4.78 is 0. The van der Waals surface area contributed by atoms with Gasteiger partial charge in [0.1, 0.15) is 84.3 Å². The minimum atomic E-state index is -2.00. The van der Waals surface area contributed by atoms with Crippen molar-refractivity contribution >= 4 is 101 Å². The van der Waals surface area contributed by atoms with Crippen molar-refractivity contribution in [3.8, 4) is 5.75 Å². The van der Waals surface area contributed by atoms with Gasteiger partial charge in [-0.2, -0.15) is 0 Å². The fourth-order valence-electron chi connectivity index (χ4n) is 9.10. The van der Waals surface area contributed by atoms with Gasteiger partial charge in [-0.05, 0) is 95.4 Å². The molecule has 0 heterocycles. The topological polar surface area (TPSA) is 686 Å². The Labute approximate surface area is 585 Å². The fourth-order valence-corrected chi connectivity index (χ4v) is 9.10. The lowest BCUT2D eigenvalue weighted by Gasteiger charge is -2.28. The Morgan fingerprint density at radius 1 is 0.441 bits per heavy atom. The highest BCUT2D eigenvalue weighted by Gasteiger charge is 2.38. The number of carboxylic acids is 3. The van der Waals surface area contributed by atoms with E-state index >= 15 is 0 Å². The smallest absolute Gasteiger partial charge is 0.326 e. The molecule has 572 valence electrons. The summed E-state index contributed by atoms with van der Waals surface area (Å²) in [5, 5.41) is 108. The third-order valence-corrected chi connectivity index (χ3v) is 15.0. The van der Waals surface area contributed by atoms with Crippen LogP contribution in [0.5, 0.6) is 5.75 Å². The molecule has 0 fully saturated rings. The number of phenolic OH excluding ortho intramolecular Hbond substituents is 1. The first kappa shape index (κ1) is 89.8. The van der Waals surface area contributed by atoms with Gasteiger partial charge in [-0.1, -0.05) is 39.8 Å². The Balaban J connectivity index is 3.42. The fraction of sp³-hybridized carbons (Fsp3) is 0.623. The average molecular weight is 1460 g/mol. The number of nitrogens with two attached hydrogens (primary N) is 3. The summed E-state index contributed by atoms with van der Waals surface area (Å²) in [4.78, 5) is 222. The molecule has 14 atom stereocenters. The second kappa shape index (κ2) is 45.5. The van der Waals surface area contributed by atoms with Gasteiger partial charge in [0.05, 0.1) is 38.9 Å². The molecule has 0 unspecified atom stereocenters. The average Bonchev–Trinajstić information content (AvgIpc) is 0.860. The maximum Gasteiger partial charge on any atom is 0.326 e. The van der Waals surface area contributed by atoms with E-state index in [1.165, 1.54) is 52.0 Å². The molecule has 0 aromatic heterocycles. The van der Waals surface area contributed by atoms with Crippen LogP contribution in [0.15, 0.2) is 24.3 Å². The zero-order valence-corrected chi connectivity index (χ0v) is 57.4. The van der Waals surface area contributed by atoms with Crippen LogP contribution in [0.3, 0.4) is 0 Å². The van der Waals surface area contributed by atoms with E-state index in [0.29, 0.717) is 12.8 Å². The monoisotopic (exact) mass is 1450 g/mol.